The van der Waals surface area contributed by atoms with Crippen LogP contribution in [0.15, 0.2) is 81.1 Å². The van der Waals surface area contributed by atoms with Crippen LogP contribution in [-0.2, 0) is 4.79 Å². The lowest BCUT2D eigenvalue weighted by Gasteiger charge is -2.23. The highest BCUT2D eigenvalue weighted by Gasteiger charge is 2.12. The predicted octanol–water partition coefficient (Wildman–Crippen LogP) is 7.72. The minimum atomic E-state index is -0.478. The van der Waals surface area contributed by atoms with E-state index in [1.165, 1.54) is 38.5 Å². The van der Waals surface area contributed by atoms with E-state index in [-0.39, 0.29) is 18.2 Å². The van der Waals surface area contributed by atoms with Gasteiger partial charge in [0.25, 0.3) is 5.69 Å². The van der Waals surface area contributed by atoms with E-state index in [1.54, 1.807) is 12.1 Å². The molecule has 13 nitrogen and oxygen atoms in total. The maximum atomic E-state index is 12.2. The molecule has 0 saturated heterocycles. The molecule has 0 heterocycles. The number of non-ortho nitro benzene ring substituents is 1. The number of aliphatic hydroxyl groups is 1. The van der Waals surface area contributed by atoms with E-state index in [0.717, 1.165) is 50.9 Å². The van der Waals surface area contributed by atoms with Gasteiger partial charge in [-0.3, -0.25) is 14.9 Å². The van der Waals surface area contributed by atoms with E-state index >= 15 is 0 Å². The number of hydrogen-bond acceptors (Lipinski definition) is 11. The lowest BCUT2D eigenvalue weighted by molar-refractivity contribution is -0.384. The van der Waals surface area contributed by atoms with Gasteiger partial charge in [-0.15, -0.1) is 10.2 Å². The molecule has 3 rings (SSSR count). The van der Waals surface area contributed by atoms with Gasteiger partial charge < -0.3 is 24.8 Å². The van der Waals surface area contributed by atoms with E-state index in [0.29, 0.717) is 47.2 Å². The Hall–Kier alpha value is -4.91. The van der Waals surface area contributed by atoms with Crippen LogP contribution < -0.4 is 19.7 Å². The molecular weight excluding hydrogens is 578 g/mol. The van der Waals surface area contributed by atoms with Gasteiger partial charge in [0.2, 0.25) is 5.91 Å². The first kappa shape index (κ1) is 34.6. The van der Waals surface area contributed by atoms with Gasteiger partial charge in [0.05, 0.1) is 30.5 Å². The fourth-order valence-electron chi connectivity index (χ4n) is 4.42. The molecule has 0 fully saturated rings. The summed E-state index contributed by atoms with van der Waals surface area (Å²) in [6.07, 6.45) is 4.96. The molecule has 0 aliphatic rings. The summed E-state index contributed by atoms with van der Waals surface area (Å²) < 4.78 is 11.0. The summed E-state index contributed by atoms with van der Waals surface area (Å²) in [6.45, 7) is 4.54. The molecule has 3 aromatic carbocycles. The molecule has 13 heteroatoms. The smallest absolute Gasteiger partial charge is 0.269 e. The van der Waals surface area contributed by atoms with Crippen LogP contribution in [0.2, 0.25) is 0 Å². The molecule has 2 N–H and O–H groups in total. The lowest BCUT2D eigenvalue weighted by Crippen LogP contribution is -2.28. The van der Waals surface area contributed by atoms with Gasteiger partial charge in [0.15, 0.2) is 0 Å². The fraction of sp³-hybridized carbons (Fsp3) is 0.406. The van der Waals surface area contributed by atoms with Crippen LogP contribution in [0.3, 0.4) is 0 Å². The fourth-order valence-corrected chi connectivity index (χ4v) is 4.42. The number of nitro groups is 1. The molecule has 0 bridgehead atoms. The Kier molecular flexibility index (Phi) is 14.4. The van der Waals surface area contributed by atoms with Gasteiger partial charge in [-0.05, 0) is 62.6 Å². The highest BCUT2D eigenvalue weighted by molar-refractivity contribution is 5.75. The maximum Gasteiger partial charge on any atom is 0.269 e. The first-order valence-electron chi connectivity index (χ1n) is 14.9. The number of nitrogens with zero attached hydrogens (tertiary/aromatic N) is 6. The summed E-state index contributed by atoms with van der Waals surface area (Å²) in [4.78, 5) is 24.8. The Morgan fingerprint density at radius 3 is 1.91 bits per heavy atom. The lowest BCUT2D eigenvalue weighted by atomic mass is 10.2. The number of nitrogens with one attached hydrogen (secondary N) is 1. The first-order chi connectivity index (χ1) is 21.9. The number of unbranched alkanes of at least 4 members (excludes halogenated alkanes) is 3. The zero-order valence-corrected chi connectivity index (χ0v) is 26.0. The second-order valence-corrected chi connectivity index (χ2v) is 10.1. The topological polar surface area (TPSA) is 164 Å². The van der Waals surface area contributed by atoms with Gasteiger partial charge in [0, 0.05) is 62.6 Å². The van der Waals surface area contributed by atoms with Crippen molar-refractivity contribution in [2.75, 3.05) is 45.4 Å². The van der Waals surface area contributed by atoms with Crippen LogP contribution >= 0.6 is 0 Å². The molecule has 3 aromatic rings. The molecule has 45 heavy (non-hydrogen) atoms. The zero-order chi connectivity index (χ0) is 32.4. The third-order valence-corrected chi connectivity index (χ3v) is 6.92. The van der Waals surface area contributed by atoms with Gasteiger partial charge in [-0.25, -0.2) is 0 Å². The van der Waals surface area contributed by atoms with Crippen LogP contribution in [0.1, 0.15) is 45.4 Å². The molecule has 0 aliphatic carbocycles. The number of hydrogen-bond donors (Lipinski definition) is 2. The number of benzene rings is 3. The summed E-state index contributed by atoms with van der Waals surface area (Å²) >= 11 is 0. The average Bonchev–Trinajstić information content (AvgIpc) is 3.06. The Balaban J connectivity index is 1.59. The number of rotatable bonds is 19. The van der Waals surface area contributed by atoms with E-state index in [9.17, 15) is 14.9 Å². The van der Waals surface area contributed by atoms with Gasteiger partial charge in [-0.2, -0.15) is 10.2 Å². The Labute approximate surface area is 263 Å². The maximum absolute atomic E-state index is 12.2. The average molecular weight is 620 g/mol. The van der Waals surface area contributed by atoms with E-state index in [2.05, 4.69) is 37.6 Å². The Morgan fingerprint density at radius 1 is 0.844 bits per heavy atom. The molecule has 0 unspecified atom stereocenters. The monoisotopic (exact) mass is 619 g/mol. The van der Waals surface area contributed by atoms with Crippen molar-refractivity contribution in [3.05, 3.63) is 70.8 Å². The molecule has 0 aromatic heterocycles. The molecule has 240 valence electrons. The highest BCUT2D eigenvalue weighted by atomic mass is 16.6. The number of amides is 1. The number of anilines is 1. The van der Waals surface area contributed by atoms with Crippen molar-refractivity contribution >= 4 is 40.0 Å². The number of azo groups is 2. The predicted molar refractivity (Wildman–Crippen MR) is 173 cm³/mol. The van der Waals surface area contributed by atoms with Crippen molar-refractivity contribution in [1.82, 2.24) is 5.32 Å². The van der Waals surface area contributed by atoms with Crippen LogP contribution in [0.4, 0.5) is 34.1 Å². The van der Waals surface area contributed by atoms with Gasteiger partial charge in [-0.1, -0.05) is 12.8 Å². The number of ether oxygens (including phenoxy) is 2. The van der Waals surface area contributed by atoms with Crippen molar-refractivity contribution in [3.8, 4) is 11.5 Å². The second kappa shape index (κ2) is 18.7. The minimum Gasteiger partial charge on any atom is -0.494 e. The summed E-state index contributed by atoms with van der Waals surface area (Å²) in [5, 5.41) is 39.8. The first-order valence-corrected chi connectivity index (χ1v) is 14.9. The normalized spacial score (nSPS) is 11.2. The van der Waals surface area contributed by atoms with Gasteiger partial charge in [0.1, 0.15) is 22.9 Å². The van der Waals surface area contributed by atoms with Crippen LogP contribution in [0.5, 0.6) is 11.5 Å². The summed E-state index contributed by atoms with van der Waals surface area (Å²) in [6, 6.07) is 16.7. The van der Waals surface area contributed by atoms with E-state index < -0.39 is 4.92 Å². The minimum absolute atomic E-state index is 0.0325. The van der Waals surface area contributed by atoms with Crippen LogP contribution in [0, 0.1) is 10.1 Å². The molecule has 0 radical (unpaired) electrons. The highest BCUT2D eigenvalue weighted by Crippen LogP contribution is 2.41. The molecule has 1 amide bonds. The van der Waals surface area contributed by atoms with Crippen LogP contribution in [0.25, 0.3) is 0 Å². The Morgan fingerprint density at radius 2 is 1.40 bits per heavy atom. The second-order valence-electron chi connectivity index (χ2n) is 10.1. The summed E-state index contributed by atoms with van der Waals surface area (Å²) in [5.74, 6) is 0.879. The third-order valence-electron chi connectivity index (χ3n) is 6.92. The Bertz CT molecular complexity index is 1430. The number of methoxy groups -OCH3 is 2. The number of carbonyl (C=O) groups is 1. The number of aliphatic hydroxyl groups excluding tert-OH is 1. The molecular formula is C32H41N7O6. The third kappa shape index (κ3) is 11.3. The zero-order valence-electron chi connectivity index (χ0n) is 26.0. The molecule has 0 spiro atoms. The quantitative estimate of drug-likeness (QED) is 0.0600. The van der Waals surface area contributed by atoms with Crippen LogP contribution in [-0.4, -0.2) is 56.4 Å². The standard InChI is InChI=1S/C32H41N7O6/c1-4-38(20-9-10-32(41)33-19-7-5-6-8-21-40)26-15-11-24(12-16-26)34-36-28-22-31(45-3)29(23-30(28)44-2)37-35-25-13-17-27(18-14-25)39(42)43/h11-18,22-23,40H,4-10,19-21H2,1-3H3,(H,33,41). The van der Waals surface area contributed by atoms with Gasteiger partial charge >= 0.3 is 0 Å². The van der Waals surface area contributed by atoms with Crippen molar-refractivity contribution in [2.24, 2.45) is 20.5 Å². The summed E-state index contributed by atoms with van der Waals surface area (Å²) in [7, 11) is 3.01. The SMILES string of the molecule is CCN(CCCC(=O)NCCCCCCO)c1ccc(N=Nc2cc(OC)c(N=Nc3ccc([N+](=O)[O-])cc3)cc2OC)cc1. The molecule has 0 atom stereocenters. The largest absolute Gasteiger partial charge is 0.494 e. The summed E-state index contributed by atoms with van der Waals surface area (Å²) in [5.41, 5.74) is 2.92. The number of carbonyl (C=O) groups excluding carboxylic acids is 1. The molecule has 0 aliphatic heterocycles. The van der Waals surface area contributed by atoms with Crippen molar-refractivity contribution in [3.63, 3.8) is 0 Å². The molecule has 0 saturated carbocycles. The van der Waals surface area contributed by atoms with Crippen molar-refractivity contribution in [1.29, 1.82) is 0 Å². The van der Waals surface area contributed by atoms with E-state index in [4.69, 9.17) is 14.6 Å². The van der Waals surface area contributed by atoms with Crippen molar-refractivity contribution < 1.29 is 24.3 Å². The number of nitro benzene ring substituents is 1. The van der Waals surface area contributed by atoms with E-state index in [1.807, 2.05) is 24.3 Å². The van der Waals surface area contributed by atoms with Crippen molar-refractivity contribution in [2.45, 2.75) is 45.4 Å².